The zero-order valence-electron chi connectivity index (χ0n) is 9.10. The smallest absolute Gasteiger partial charge is 0.253 e. The number of hydrogen-bond donors (Lipinski definition) is 0. The third-order valence-electron chi connectivity index (χ3n) is 2.70. The monoisotopic (exact) mass is 317 g/mol. The van der Waals surface area contributed by atoms with Gasteiger partial charge in [0.25, 0.3) is 5.91 Å². The normalized spacial score (nSPS) is 19.0. The largest absolute Gasteiger partial charge is 0.337 e. The first-order valence-electron chi connectivity index (χ1n) is 5.23. The van der Waals surface area contributed by atoms with Gasteiger partial charge >= 0.3 is 0 Å². The minimum Gasteiger partial charge on any atom is -0.337 e. The highest BCUT2D eigenvalue weighted by atomic mass is 79.9. The molecule has 0 radical (unpaired) electrons. The molecule has 1 aromatic carbocycles. The van der Waals surface area contributed by atoms with Crippen LogP contribution in [0.5, 0.6) is 0 Å². The average Bonchev–Trinajstić information content (AvgIpc) is 2.28. The molecule has 0 unspecified atom stereocenters. The zero-order chi connectivity index (χ0) is 12.5. The number of carbonyl (C=O) groups excluding carboxylic acids is 1. The predicted molar refractivity (Wildman–Crippen MR) is 68.7 cm³/mol. The van der Waals surface area contributed by atoms with Crippen molar-refractivity contribution in [3.05, 3.63) is 34.3 Å². The van der Waals surface area contributed by atoms with E-state index in [2.05, 4.69) is 15.9 Å². The summed E-state index contributed by atoms with van der Waals surface area (Å²) in [7, 11) is -2.94. The fourth-order valence-corrected chi connectivity index (χ4v) is 3.32. The molecule has 0 spiro atoms. The number of halogens is 1. The van der Waals surface area contributed by atoms with E-state index in [1.165, 1.54) is 0 Å². The fraction of sp³-hybridized carbons (Fsp3) is 0.364. The lowest BCUT2D eigenvalue weighted by Crippen LogP contribution is -2.43. The topological polar surface area (TPSA) is 54.5 Å². The van der Waals surface area contributed by atoms with Crippen LogP contribution >= 0.6 is 15.9 Å². The Labute approximate surface area is 109 Å². The maximum absolute atomic E-state index is 12.1. The van der Waals surface area contributed by atoms with Crippen LogP contribution in [0.4, 0.5) is 0 Å². The van der Waals surface area contributed by atoms with Gasteiger partial charge < -0.3 is 4.90 Å². The van der Waals surface area contributed by atoms with Crippen LogP contribution in [0.25, 0.3) is 0 Å². The van der Waals surface area contributed by atoms with Crippen molar-refractivity contribution in [3.8, 4) is 0 Å². The van der Waals surface area contributed by atoms with Gasteiger partial charge in [-0.05, 0) is 18.2 Å². The molecule has 92 valence electrons. The second kappa shape index (κ2) is 4.78. The van der Waals surface area contributed by atoms with Crippen molar-refractivity contribution in [2.75, 3.05) is 24.6 Å². The van der Waals surface area contributed by atoms with Crippen LogP contribution in [-0.2, 0) is 9.84 Å². The maximum atomic E-state index is 12.1. The van der Waals surface area contributed by atoms with E-state index < -0.39 is 9.84 Å². The molecule has 1 fully saturated rings. The molecule has 0 aliphatic carbocycles. The lowest BCUT2D eigenvalue weighted by molar-refractivity contribution is 0.0770. The molecule has 0 bridgehead atoms. The van der Waals surface area contributed by atoms with Gasteiger partial charge in [0.15, 0.2) is 9.84 Å². The number of nitrogens with zero attached hydrogens (tertiary/aromatic N) is 1. The van der Waals surface area contributed by atoms with Crippen molar-refractivity contribution >= 4 is 31.7 Å². The number of amides is 1. The van der Waals surface area contributed by atoms with Crippen molar-refractivity contribution in [2.24, 2.45) is 0 Å². The Morgan fingerprint density at radius 2 is 1.88 bits per heavy atom. The molecule has 2 rings (SSSR count). The Morgan fingerprint density at radius 1 is 1.24 bits per heavy atom. The fourth-order valence-electron chi connectivity index (χ4n) is 1.72. The molecule has 1 saturated heterocycles. The van der Waals surface area contributed by atoms with Crippen LogP contribution < -0.4 is 0 Å². The van der Waals surface area contributed by atoms with Crippen molar-refractivity contribution in [1.29, 1.82) is 0 Å². The lowest BCUT2D eigenvalue weighted by atomic mass is 10.2. The first-order chi connectivity index (χ1) is 7.98. The summed E-state index contributed by atoms with van der Waals surface area (Å²) in [6, 6.07) is 7.11. The summed E-state index contributed by atoms with van der Waals surface area (Å²) in [6.45, 7) is 0.571. The number of hydrogen-bond acceptors (Lipinski definition) is 3. The summed E-state index contributed by atoms with van der Waals surface area (Å²) < 4.78 is 23.4. The first kappa shape index (κ1) is 12.6. The highest BCUT2D eigenvalue weighted by molar-refractivity contribution is 9.10. The number of sulfone groups is 1. The van der Waals surface area contributed by atoms with Crippen molar-refractivity contribution in [1.82, 2.24) is 4.90 Å². The summed E-state index contributed by atoms with van der Waals surface area (Å²) >= 11 is 3.31. The van der Waals surface area contributed by atoms with Crippen LogP contribution in [0, 0.1) is 0 Å². The molecule has 1 aromatic rings. The summed E-state index contributed by atoms with van der Waals surface area (Å²) in [5.74, 6) is 0.0145. The van der Waals surface area contributed by atoms with Crippen molar-refractivity contribution in [3.63, 3.8) is 0 Å². The van der Waals surface area contributed by atoms with Crippen LogP contribution in [0.2, 0.25) is 0 Å². The maximum Gasteiger partial charge on any atom is 0.253 e. The molecule has 0 N–H and O–H groups in total. The highest BCUT2D eigenvalue weighted by Gasteiger charge is 2.25. The highest BCUT2D eigenvalue weighted by Crippen LogP contribution is 2.15. The van der Waals surface area contributed by atoms with E-state index in [9.17, 15) is 13.2 Å². The van der Waals surface area contributed by atoms with Gasteiger partial charge in [-0.1, -0.05) is 22.0 Å². The standard InChI is InChI=1S/C11H12BrNO3S/c12-10-3-1-2-9(8-10)11(14)13-4-6-17(15,16)7-5-13/h1-3,8H,4-7H2. The minimum atomic E-state index is -2.94. The third kappa shape index (κ3) is 3.07. The lowest BCUT2D eigenvalue weighted by Gasteiger charge is -2.26. The quantitative estimate of drug-likeness (QED) is 0.785. The van der Waals surface area contributed by atoms with Gasteiger partial charge in [-0.2, -0.15) is 0 Å². The Hall–Kier alpha value is -0.880. The van der Waals surface area contributed by atoms with Crippen molar-refractivity contribution in [2.45, 2.75) is 0 Å². The second-order valence-corrected chi connectivity index (χ2v) is 7.17. The Kier molecular flexibility index (Phi) is 3.53. The molecule has 0 saturated carbocycles. The Morgan fingerprint density at radius 3 is 2.47 bits per heavy atom. The van der Waals surface area contributed by atoms with Crippen LogP contribution in [0.15, 0.2) is 28.7 Å². The van der Waals surface area contributed by atoms with E-state index in [1.54, 1.807) is 23.1 Å². The molecule has 4 nitrogen and oxygen atoms in total. The van der Waals surface area contributed by atoms with E-state index in [0.29, 0.717) is 5.56 Å². The summed E-state index contributed by atoms with van der Waals surface area (Å²) in [5.41, 5.74) is 0.582. The number of benzene rings is 1. The second-order valence-electron chi connectivity index (χ2n) is 3.95. The van der Waals surface area contributed by atoms with Crippen LogP contribution in [0.1, 0.15) is 10.4 Å². The van der Waals surface area contributed by atoms with Crippen LogP contribution in [0.3, 0.4) is 0 Å². The molecule has 1 amide bonds. The molecule has 1 aliphatic rings. The van der Waals surface area contributed by atoms with Gasteiger partial charge in [0, 0.05) is 23.1 Å². The molecule has 0 aromatic heterocycles. The molecule has 6 heteroatoms. The summed E-state index contributed by atoms with van der Waals surface area (Å²) in [6.07, 6.45) is 0. The SMILES string of the molecule is O=C(c1cccc(Br)c1)N1CCS(=O)(=O)CC1. The minimum absolute atomic E-state index is 0.0622. The summed E-state index contributed by atoms with van der Waals surface area (Å²) in [4.78, 5) is 13.7. The van der Waals surface area contributed by atoms with Crippen molar-refractivity contribution < 1.29 is 13.2 Å². The van der Waals surface area contributed by atoms with Gasteiger partial charge in [-0.25, -0.2) is 8.42 Å². The van der Waals surface area contributed by atoms with Gasteiger partial charge in [-0.3, -0.25) is 4.79 Å². The number of carbonyl (C=O) groups is 1. The zero-order valence-corrected chi connectivity index (χ0v) is 11.5. The van der Waals surface area contributed by atoms with Gasteiger partial charge in [0.05, 0.1) is 11.5 Å². The molecule has 0 atom stereocenters. The van der Waals surface area contributed by atoms with E-state index in [1.807, 2.05) is 6.07 Å². The van der Waals surface area contributed by atoms with E-state index in [4.69, 9.17) is 0 Å². The average molecular weight is 318 g/mol. The van der Waals surface area contributed by atoms with E-state index in [0.717, 1.165) is 4.47 Å². The van der Waals surface area contributed by atoms with Gasteiger partial charge in [0.2, 0.25) is 0 Å². The first-order valence-corrected chi connectivity index (χ1v) is 7.85. The van der Waals surface area contributed by atoms with Gasteiger partial charge in [0.1, 0.15) is 0 Å². The van der Waals surface area contributed by atoms with Gasteiger partial charge in [-0.15, -0.1) is 0 Å². The molecule has 1 aliphatic heterocycles. The molecule has 1 heterocycles. The van der Waals surface area contributed by atoms with Crippen LogP contribution in [-0.4, -0.2) is 43.8 Å². The third-order valence-corrected chi connectivity index (χ3v) is 4.81. The summed E-state index contributed by atoms with van der Waals surface area (Å²) in [5, 5.41) is 0. The molecular weight excluding hydrogens is 306 g/mol. The number of rotatable bonds is 1. The van der Waals surface area contributed by atoms with E-state index >= 15 is 0 Å². The molecule has 17 heavy (non-hydrogen) atoms. The molecular formula is C11H12BrNO3S. The predicted octanol–water partition coefficient (Wildman–Crippen LogP) is 1.32. The van der Waals surface area contributed by atoms with E-state index in [-0.39, 0.29) is 30.5 Å². The Balaban J connectivity index is 2.12. The Bertz CT molecular complexity index is 527.